The lowest BCUT2D eigenvalue weighted by molar-refractivity contribution is -0.139. The zero-order valence-electron chi connectivity index (χ0n) is 13.8. The van der Waals surface area contributed by atoms with Crippen molar-refractivity contribution in [2.45, 2.75) is 58.5 Å². The van der Waals surface area contributed by atoms with E-state index in [1.54, 1.807) is 13.0 Å². The Labute approximate surface area is 134 Å². The second-order valence-corrected chi connectivity index (χ2v) is 5.45. The third-order valence-electron chi connectivity index (χ3n) is 3.57. The number of aliphatic hydroxyl groups is 1. The molecule has 1 aromatic rings. The Morgan fingerprint density at radius 1 is 1.14 bits per heavy atom. The van der Waals surface area contributed by atoms with Gasteiger partial charge in [0, 0.05) is 0 Å². The second-order valence-electron chi connectivity index (χ2n) is 5.45. The van der Waals surface area contributed by atoms with E-state index in [9.17, 15) is 9.90 Å². The summed E-state index contributed by atoms with van der Waals surface area (Å²) >= 11 is 0. The SMILES string of the molecule is CCCCCCCC(O)/C(=C/c1ccccc1)C(=O)OCC. The molecule has 0 fully saturated rings. The van der Waals surface area contributed by atoms with Crippen LogP contribution in [-0.2, 0) is 9.53 Å². The molecular formula is C19H28O3. The van der Waals surface area contributed by atoms with Crippen LogP contribution < -0.4 is 0 Å². The first-order chi connectivity index (χ1) is 10.7. The number of carbonyl (C=O) groups excluding carboxylic acids is 1. The summed E-state index contributed by atoms with van der Waals surface area (Å²) in [7, 11) is 0. The van der Waals surface area contributed by atoms with E-state index in [1.165, 1.54) is 19.3 Å². The van der Waals surface area contributed by atoms with E-state index in [1.807, 2.05) is 30.3 Å². The van der Waals surface area contributed by atoms with Gasteiger partial charge in [-0.05, 0) is 25.0 Å². The minimum atomic E-state index is -0.763. The molecule has 3 heteroatoms. The first-order valence-electron chi connectivity index (χ1n) is 8.30. The average Bonchev–Trinajstić information content (AvgIpc) is 2.53. The lowest BCUT2D eigenvalue weighted by atomic mass is 10.00. The van der Waals surface area contributed by atoms with Crippen LogP contribution in [0.1, 0.15) is 57.9 Å². The largest absolute Gasteiger partial charge is 0.463 e. The molecule has 1 rings (SSSR count). The number of ether oxygens (including phenoxy) is 1. The topological polar surface area (TPSA) is 46.5 Å². The van der Waals surface area contributed by atoms with Crippen LogP contribution >= 0.6 is 0 Å². The number of aliphatic hydroxyl groups excluding tert-OH is 1. The number of unbranched alkanes of at least 4 members (excludes halogenated alkanes) is 4. The molecule has 0 radical (unpaired) electrons. The number of hydrogen-bond donors (Lipinski definition) is 1. The van der Waals surface area contributed by atoms with Crippen LogP contribution in [0.2, 0.25) is 0 Å². The monoisotopic (exact) mass is 304 g/mol. The Morgan fingerprint density at radius 2 is 1.82 bits per heavy atom. The normalized spacial score (nSPS) is 13.0. The maximum absolute atomic E-state index is 12.1. The highest BCUT2D eigenvalue weighted by Crippen LogP contribution is 2.17. The summed E-state index contributed by atoms with van der Waals surface area (Å²) < 4.78 is 5.08. The minimum absolute atomic E-state index is 0.314. The fourth-order valence-corrected chi connectivity index (χ4v) is 2.33. The van der Waals surface area contributed by atoms with Crippen LogP contribution in [0.3, 0.4) is 0 Å². The van der Waals surface area contributed by atoms with E-state index in [0.29, 0.717) is 18.6 Å². The van der Waals surface area contributed by atoms with E-state index in [2.05, 4.69) is 6.92 Å². The number of hydrogen-bond acceptors (Lipinski definition) is 3. The first-order valence-corrected chi connectivity index (χ1v) is 8.30. The molecule has 0 aromatic heterocycles. The van der Waals surface area contributed by atoms with Gasteiger partial charge in [0.15, 0.2) is 0 Å². The Bertz CT molecular complexity index is 451. The van der Waals surface area contributed by atoms with Crippen molar-refractivity contribution in [1.82, 2.24) is 0 Å². The van der Waals surface area contributed by atoms with Crippen LogP contribution in [0, 0.1) is 0 Å². The van der Waals surface area contributed by atoms with Gasteiger partial charge in [-0.2, -0.15) is 0 Å². The van der Waals surface area contributed by atoms with Gasteiger partial charge in [0.25, 0.3) is 0 Å². The van der Waals surface area contributed by atoms with Crippen molar-refractivity contribution in [3.05, 3.63) is 41.5 Å². The summed E-state index contributed by atoms with van der Waals surface area (Å²) in [5.41, 5.74) is 1.25. The molecule has 0 saturated heterocycles. The molecule has 1 aromatic carbocycles. The predicted octanol–water partition coefficient (Wildman–Crippen LogP) is 4.35. The molecule has 0 bridgehead atoms. The maximum Gasteiger partial charge on any atom is 0.336 e. The summed E-state index contributed by atoms with van der Waals surface area (Å²) in [6.45, 7) is 4.26. The number of esters is 1. The summed E-state index contributed by atoms with van der Waals surface area (Å²) in [6, 6.07) is 9.56. The fraction of sp³-hybridized carbons (Fsp3) is 0.526. The summed E-state index contributed by atoms with van der Waals surface area (Å²) in [4.78, 5) is 12.1. The molecular weight excluding hydrogens is 276 g/mol. The highest BCUT2D eigenvalue weighted by Gasteiger charge is 2.19. The van der Waals surface area contributed by atoms with Gasteiger partial charge in [-0.1, -0.05) is 69.4 Å². The molecule has 0 saturated carbocycles. The van der Waals surface area contributed by atoms with Crippen molar-refractivity contribution >= 4 is 12.0 Å². The number of rotatable bonds is 10. The van der Waals surface area contributed by atoms with Crippen molar-refractivity contribution in [1.29, 1.82) is 0 Å². The summed E-state index contributed by atoms with van der Waals surface area (Å²) in [5.74, 6) is -0.424. The first kappa shape index (κ1) is 18.4. The van der Waals surface area contributed by atoms with E-state index in [4.69, 9.17) is 4.74 Å². The standard InChI is InChI=1S/C19H28O3/c1-3-5-6-7-11-14-18(20)17(19(21)22-4-2)15-16-12-9-8-10-13-16/h8-10,12-13,15,18,20H,3-7,11,14H2,1-2H3/b17-15-. The maximum atomic E-state index is 12.1. The van der Waals surface area contributed by atoms with E-state index >= 15 is 0 Å². The minimum Gasteiger partial charge on any atom is -0.463 e. The third kappa shape index (κ3) is 6.90. The molecule has 3 nitrogen and oxygen atoms in total. The van der Waals surface area contributed by atoms with E-state index in [0.717, 1.165) is 18.4 Å². The van der Waals surface area contributed by atoms with Crippen molar-refractivity contribution < 1.29 is 14.6 Å². The van der Waals surface area contributed by atoms with Crippen LogP contribution in [0.4, 0.5) is 0 Å². The second kappa shape index (κ2) is 11.0. The van der Waals surface area contributed by atoms with Crippen LogP contribution in [0.5, 0.6) is 0 Å². The van der Waals surface area contributed by atoms with Gasteiger partial charge in [-0.3, -0.25) is 0 Å². The third-order valence-corrected chi connectivity index (χ3v) is 3.57. The van der Waals surface area contributed by atoms with Crippen LogP contribution in [-0.4, -0.2) is 23.8 Å². The van der Waals surface area contributed by atoms with Crippen molar-refractivity contribution in [2.24, 2.45) is 0 Å². The quantitative estimate of drug-likeness (QED) is 0.397. The number of carbonyl (C=O) groups is 1. The zero-order chi connectivity index (χ0) is 16.2. The molecule has 0 amide bonds. The van der Waals surface area contributed by atoms with Gasteiger partial charge in [0.1, 0.15) is 0 Å². The number of benzene rings is 1. The predicted molar refractivity (Wildman–Crippen MR) is 90.4 cm³/mol. The molecule has 122 valence electrons. The summed E-state index contributed by atoms with van der Waals surface area (Å²) in [6.07, 6.45) is 7.18. The Hall–Kier alpha value is -1.61. The van der Waals surface area contributed by atoms with Gasteiger partial charge in [0.2, 0.25) is 0 Å². The van der Waals surface area contributed by atoms with Crippen molar-refractivity contribution in [2.75, 3.05) is 6.61 Å². The molecule has 0 aliphatic rings. The van der Waals surface area contributed by atoms with E-state index < -0.39 is 12.1 Å². The van der Waals surface area contributed by atoms with Crippen molar-refractivity contribution in [3.8, 4) is 0 Å². The molecule has 1 N–H and O–H groups in total. The summed E-state index contributed by atoms with van der Waals surface area (Å²) in [5, 5.41) is 10.4. The molecule has 0 heterocycles. The van der Waals surface area contributed by atoms with Gasteiger partial charge >= 0.3 is 5.97 Å². The molecule has 0 aliphatic carbocycles. The Morgan fingerprint density at radius 3 is 2.45 bits per heavy atom. The van der Waals surface area contributed by atoms with Gasteiger partial charge in [-0.15, -0.1) is 0 Å². The lowest BCUT2D eigenvalue weighted by Gasteiger charge is -2.14. The molecule has 0 spiro atoms. The van der Waals surface area contributed by atoms with Gasteiger partial charge in [-0.25, -0.2) is 4.79 Å². The molecule has 1 unspecified atom stereocenters. The Kier molecular flexibility index (Phi) is 9.24. The zero-order valence-corrected chi connectivity index (χ0v) is 13.8. The van der Waals surface area contributed by atoms with Gasteiger partial charge in [0.05, 0.1) is 18.3 Å². The van der Waals surface area contributed by atoms with Crippen LogP contribution in [0.25, 0.3) is 6.08 Å². The van der Waals surface area contributed by atoms with E-state index in [-0.39, 0.29) is 0 Å². The lowest BCUT2D eigenvalue weighted by Crippen LogP contribution is -2.20. The molecule has 1 atom stereocenters. The average molecular weight is 304 g/mol. The Balaban J connectivity index is 2.69. The fourth-order valence-electron chi connectivity index (χ4n) is 2.33. The molecule has 22 heavy (non-hydrogen) atoms. The highest BCUT2D eigenvalue weighted by molar-refractivity contribution is 5.94. The smallest absolute Gasteiger partial charge is 0.336 e. The highest BCUT2D eigenvalue weighted by atomic mass is 16.5. The molecule has 0 aliphatic heterocycles. The van der Waals surface area contributed by atoms with Gasteiger partial charge < -0.3 is 9.84 Å². The van der Waals surface area contributed by atoms with Crippen LogP contribution in [0.15, 0.2) is 35.9 Å². The van der Waals surface area contributed by atoms with Crippen molar-refractivity contribution in [3.63, 3.8) is 0 Å².